The van der Waals surface area contributed by atoms with E-state index in [4.69, 9.17) is 33.7 Å². The van der Waals surface area contributed by atoms with Gasteiger partial charge < -0.3 is 10.5 Å². The summed E-state index contributed by atoms with van der Waals surface area (Å²) < 4.78 is 5.80. The summed E-state index contributed by atoms with van der Waals surface area (Å²) in [5.41, 5.74) is 8.25. The Labute approximate surface area is 122 Å². The van der Waals surface area contributed by atoms with Gasteiger partial charge in [0, 0.05) is 22.5 Å². The van der Waals surface area contributed by atoms with E-state index in [2.05, 4.69) is 0 Å². The summed E-state index contributed by atoms with van der Waals surface area (Å²) in [5.74, 6) is 0.768. The van der Waals surface area contributed by atoms with Crippen LogP contribution in [0.15, 0.2) is 47.0 Å². The van der Waals surface area contributed by atoms with Gasteiger partial charge in [-0.15, -0.1) is 0 Å². The van der Waals surface area contributed by atoms with Crippen LogP contribution in [0.4, 0.5) is 0 Å². The van der Waals surface area contributed by atoms with Gasteiger partial charge in [-0.1, -0.05) is 59.6 Å². The van der Waals surface area contributed by atoms with Crippen LogP contribution in [0.5, 0.6) is 5.75 Å². The average Bonchev–Trinajstić information content (AvgIpc) is 2.43. The fourth-order valence-electron chi connectivity index (χ4n) is 1.95. The molecular weight excluding hydrogens is 281 g/mol. The molecule has 0 fully saturated rings. The van der Waals surface area contributed by atoms with E-state index < -0.39 is 0 Å². The third-order valence-corrected chi connectivity index (χ3v) is 3.47. The molecule has 2 nitrogen and oxygen atoms in total. The van der Waals surface area contributed by atoms with Gasteiger partial charge in [-0.3, -0.25) is 0 Å². The minimum absolute atomic E-state index is 0.113. The number of hydrogen-bond donors (Lipinski definition) is 1. The maximum absolute atomic E-state index is 5.99. The number of halogens is 2. The Hall–Kier alpha value is -1.22. The summed E-state index contributed by atoms with van der Waals surface area (Å²) in [5, 5.41) is 2.58. The molecule has 2 rings (SSSR count). The largest absolute Gasteiger partial charge is 0.487 e. The molecule has 0 aliphatic rings. The van der Waals surface area contributed by atoms with Gasteiger partial charge in [-0.2, -0.15) is 0 Å². The first-order chi connectivity index (χ1) is 9.13. The summed E-state index contributed by atoms with van der Waals surface area (Å²) in [7, 11) is 0. The Morgan fingerprint density at radius 3 is 2.74 bits per heavy atom. The lowest BCUT2D eigenvalue weighted by atomic mass is 10.0. The molecule has 2 aromatic carbocycles. The number of ether oxygens (including phenoxy) is 1. The van der Waals surface area contributed by atoms with Gasteiger partial charge in [0.15, 0.2) is 0 Å². The first-order valence-electron chi connectivity index (χ1n) is 5.98. The summed E-state index contributed by atoms with van der Waals surface area (Å²) >= 11 is 11.4. The summed E-state index contributed by atoms with van der Waals surface area (Å²) in [6.45, 7) is 2.16. The predicted molar refractivity (Wildman–Crippen MR) is 81.8 cm³/mol. The van der Waals surface area contributed by atoms with Crippen LogP contribution in [-0.2, 0) is 0 Å². The minimum atomic E-state index is -0.113. The number of fused-ring (bicyclic) bond motifs is 1. The van der Waals surface area contributed by atoms with Crippen molar-refractivity contribution in [3.63, 3.8) is 0 Å². The number of hydrogen-bond acceptors (Lipinski definition) is 2. The van der Waals surface area contributed by atoms with Crippen molar-refractivity contribution in [2.45, 2.75) is 13.0 Å². The van der Waals surface area contributed by atoms with E-state index in [-0.39, 0.29) is 12.6 Å². The Bertz CT molecular complexity index is 608. The molecule has 2 N–H and O–H groups in total. The summed E-state index contributed by atoms with van der Waals surface area (Å²) in [4.78, 5) is 0. The van der Waals surface area contributed by atoms with Crippen LogP contribution in [-0.4, -0.2) is 6.61 Å². The van der Waals surface area contributed by atoms with Crippen molar-refractivity contribution in [3.8, 4) is 5.75 Å². The molecule has 0 aliphatic heterocycles. The Morgan fingerprint density at radius 2 is 2.05 bits per heavy atom. The zero-order valence-corrected chi connectivity index (χ0v) is 12.1. The lowest BCUT2D eigenvalue weighted by molar-refractivity contribution is 0.358. The van der Waals surface area contributed by atoms with Crippen LogP contribution in [0, 0.1) is 0 Å². The average molecular weight is 296 g/mol. The van der Waals surface area contributed by atoms with Crippen molar-refractivity contribution in [2.75, 3.05) is 6.61 Å². The molecule has 0 bridgehead atoms. The van der Waals surface area contributed by atoms with Crippen LogP contribution in [0.1, 0.15) is 18.5 Å². The molecule has 1 atom stereocenters. The molecule has 4 heteroatoms. The van der Waals surface area contributed by atoms with Crippen LogP contribution in [0.3, 0.4) is 0 Å². The highest BCUT2D eigenvalue weighted by Gasteiger charge is 2.12. The highest BCUT2D eigenvalue weighted by molar-refractivity contribution is 6.36. The normalized spacial score (nSPS) is 13.6. The third kappa shape index (κ3) is 3.21. The van der Waals surface area contributed by atoms with E-state index in [1.807, 2.05) is 43.3 Å². The SMILES string of the molecule is C[C@@H](N)c1ccc2ccccc2c1OCC(Cl)=CCl. The molecule has 0 unspecified atom stereocenters. The Morgan fingerprint density at radius 1 is 1.32 bits per heavy atom. The zero-order valence-electron chi connectivity index (χ0n) is 10.6. The molecular formula is C15H15Cl2NO. The second-order valence-corrected chi connectivity index (χ2v) is 5.04. The van der Waals surface area contributed by atoms with Gasteiger partial charge in [0.25, 0.3) is 0 Å². The zero-order chi connectivity index (χ0) is 13.8. The van der Waals surface area contributed by atoms with Gasteiger partial charge in [-0.05, 0) is 12.3 Å². The lowest BCUT2D eigenvalue weighted by Gasteiger charge is -2.16. The molecule has 0 saturated heterocycles. The highest BCUT2D eigenvalue weighted by atomic mass is 35.5. The summed E-state index contributed by atoms with van der Waals surface area (Å²) in [6.07, 6.45) is 0. The van der Waals surface area contributed by atoms with Crippen molar-refractivity contribution < 1.29 is 4.74 Å². The smallest absolute Gasteiger partial charge is 0.132 e. The van der Waals surface area contributed by atoms with Gasteiger partial charge in [0.2, 0.25) is 0 Å². The quantitative estimate of drug-likeness (QED) is 0.897. The van der Waals surface area contributed by atoms with Gasteiger partial charge >= 0.3 is 0 Å². The minimum Gasteiger partial charge on any atom is -0.487 e. The van der Waals surface area contributed by atoms with Crippen molar-refractivity contribution in [1.29, 1.82) is 0 Å². The standard InChI is InChI=1S/C15H15Cl2NO/c1-10(18)13-7-6-11-4-2-3-5-14(11)15(13)19-9-12(17)8-16/h2-8,10H,9,18H2,1H3/t10-/m1/s1. The fourth-order valence-corrected chi connectivity index (χ4v) is 2.07. The molecule has 0 heterocycles. The van der Waals surface area contributed by atoms with Crippen molar-refractivity contribution in [1.82, 2.24) is 0 Å². The van der Waals surface area contributed by atoms with Gasteiger partial charge in [0.1, 0.15) is 12.4 Å². The van der Waals surface area contributed by atoms with Crippen LogP contribution >= 0.6 is 23.2 Å². The van der Waals surface area contributed by atoms with E-state index in [9.17, 15) is 0 Å². The van der Waals surface area contributed by atoms with E-state index in [1.165, 1.54) is 5.54 Å². The fraction of sp³-hybridized carbons (Fsp3) is 0.200. The van der Waals surface area contributed by atoms with Crippen molar-refractivity contribution in [2.24, 2.45) is 5.73 Å². The van der Waals surface area contributed by atoms with Gasteiger partial charge in [-0.25, -0.2) is 0 Å². The first-order valence-corrected chi connectivity index (χ1v) is 6.79. The monoisotopic (exact) mass is 295 g/mol. The van der Waals surface area contributed by atoms with Crippen molar-refractivity contribution in [3.05, 3.63) is 52.5 Å². The molecule has 0 radical (unpaired) electrons. The molecule has 0 aromatic heterocycles. The van der Waals surface area contributed by atoms with E-state index in [1.54, 1.807) is 0 Å². The van der Waals surface area contributed by atoms with Crippen molar-refractivity contribution >= 4 is 34.0 Å². The topological polar surface area (TPSA) is 35.2 Å². The molecule has 100 valence electrons. The molecule has 0 aliphatic carbocycles. The van der Waals surface area contributed by atoms with Crippen LogP contribution in [0.25, 0.3) is 10.8 Å². The number of rotatable bonds is 4. The van der Waals surface area contributed by atoms with E-state index in [0.29, 0.717) is 5.03 Å². The Kier molecular flexibility index (Phi) is 4.70. The predicted octanol–water partition coefficient (Wildman–Crippen LogP) is 4.56. The molecule has 0 saturated carbocycles. The highest BCUT2D eigenvalue weighted by Crippen LogP contribution is 2.33. The number of benzene rings is 2. The Balaban J connectivity index is 2.49. The van der Waals surface area contributed by atoms with E-state index >= 15 is 0 Å². The second-order valence-electron chi connectivity index (χ2n) is 4.34. The van der Waals surface area contributed by atoms with E-state index in [0.717, 1.165) is 22.1 Å². The number of nitrogens with two attached hydrogens (primary N) is 1. The lowest BCUT2D eigenvalue weighted by Crippen LogP contribution is -2.09. The maximum atomic E-state index is 5.99. The maximum Gasteiger partial charge on any atom is 0.132 e. The van der Waals surface area contributed by atoms with Crippen LogP contribution in [0.2, 0.25) is 0 Å². The molecule has 2 aromatic rings. The van der Waals surface area contributed by atoms with Gasteiger partial charge in [0.05, 0.1) is 5.03 Å². The molecule has 0 amide bonds. The second kappa shape index (κ2) is 6.29. The van der Waals surface area contributed by atoms with Crippen LogP contribution < -0.4 is 10.5 Å². The molecule has 0 spiro atoms. The third-order valence-electron chi connectivity index (χ3n) is 2.87. The summed E-state index contributed by atoms with van der Waals surface area (Å²) in [6, 6.07) is 11.9. The molecule has 19 heavy (non-hydrogen) atoms. The first kappa shape index (κ1) is 14.2.